The number of rotatable bonds is 4. The maximum absolute atomic E-state index is 13.5. The van der Waals surface area contributed by atoms with Crippen molar-refractivity contribution in [1.29, 1.82) is 0 Å². The molecule has 0 fully saturated rings. The van der Waals surface area contributed by atoms with Crippen LogP contribution in [0, 0.1) is 0 Å². The number of hydrogen-bond donors (Lipinski definition) is 4. The fourth-order valence-corrected chi connectivity index (χ4v) is 4.93. The third-order valence-corrected chi connectivity index (χ3v) is 6.79. The Balaban J connectivity index is 1.47. The summed E-state index contributed by atoms with van der Waals surface area (Å²) in [5, 5.41) is 37.8. The number of anilines is 2. The zero-order chi connectivity index (χ0) is 26.9. The van der Waals surface area contributed by atoms with Gasteiger partial charge in [-0.3, -0.25) is 19.2 Å². The van der Waals surface area contributed by atoms with Crippen LogP contribution in [0.2, 0.25) is 0 Å². The average Bonchev–Trinajstić information content (AvgIpc) is 2.91. The summed E-state index contributed by atoms with van der Waals surface area (Å²) in [6, 6.07) is 17.0. The molecule has 2 heterocycles. The molecule has 6 rings (SSSR count). The van der Waals surface area contributed by atoms with E-state index in [-0.39, 0.29) is 55.3 Å². The first-order valence-electron chi connectivity index (χ1n) is 11.5. The second-order valence-corrected chi connectivity index (χ2v) is 8.89. The van der Waals surface area contributed by atoms with Crippen LogP contribution in [0.5, 0.6) is 0 Å². The summed E-state index contributed by atoms with van der Waals surface area (Å²) >= 11 is 0. The Morgan fingerprint density at radius 3 is 0.921 bits per heavy atom. The predicted molar refractivity (Wildman–Crippen MR) is 139 cm³/mol. The Hall–Kier alpha value is -4.61. The second kappa shape index (κ2) is 8.47. The van der Waals surface area contributed by atoms with Gasteiger partial charge in [0.15, 0.2) is 0 Å². The molecule has 2 aliphatic rings. The summed E-state index contributed by atoms with van der Waals surface area (Å²) in [5.41, 5.74) is 1.38. The number of imide groups is 2. The van der Waals surface area contributed by atoms with Crippen molar-refractivity contribution in [3.05, 3.63) is 95.1 Å². The van der Waals surface area contributed by atoms with E-state index in [1.165, 1.54) is 72.8 Å². The Morgan fingerprint density at radius 2 is 0.684 bits per heavy atom. The first kappa shape index (κ1) is 23.8. The lowest BCUT2D eigenvalue weighted by atomic mass is 9.80. The molecule has 12 heteroatoms. The highest BCUT2D eigenvalue weighted by Gasteiger charge is 2.40. The van der Waals surface area contributed by atoms with Crippen LogP contribution in [-0.2, 0) is 0 Å². The highest BCUT2D eigenvalue weighted by molar-refractivity contribution is 6.59. The lowest BCUT2D eigenvalue weighted by molar-refractivity contribution is 0.0873. The zero-order valence-electron chi connectivity index (χ0n) is 19.4. The molecule has 2 aliphatic heterocycles. The molecule has 10 nitrogen and oxygen atoms in total. The fraction of sp³-hybridized carbons (Fsp3) is 0. The van der Waals surface area contributed by atoms with Crippen molar-refractivity contribution in [3.63, 3.8) is 0 Å². The summed E-state index contributed by atoms with van der Waals surface area (Å²) in [7, 11) is -3.41. The number of carbonyl (C=O) groups excluding carboxylic acids is 4. The molecule has 0 atom stereocenters. The van der Waals surface area contributed by atoms with Crippen LogP contribution in [-0.4, -0.2) is 58.0 Å². The molecule has 4 N–H and O–H groups in total. The van der Waals surface area contributed by atoms with E-state index in [0.29, 0.717) is 0 Å². The van der Waals surface area contributed by atoms with Gasteiger partial charge in [0.2, 0.25) is 0 Å². The Labute approximate surface area is 215 Å². The third kappa shape index (κ3) is 3.32. The monoisotopic (exact) mass is 506 g/mol. The highest BCUT2D eigenvalue weighted by Crippen LogP contribution is 2.39. The molecule has 4 aromatic rings. The SMILES string of the molecule is O=C1c2ccc3c4c(ccc(c24)C(=O)N1c1ccc(B(O)O)cc1)C(=O)N(c1ccc(B(O)O)cc1)C3=O. The fourth-order valence-electron chi connectivity index (χ4n) is 4.93. The van der Waals surface area contributed by atoms with Gasteiger partial charge < -0.3 is 20.1 Å². The van der Waals surface area contributed by atoms with Crippen molar-refractivity contribution in [1.82, 2.24) is 0 Å². The van der Waals surface area contributed by atoms with Crippen LogP contribution in [0.4, 0.5) is 11.4 Å². The second-order valence-electron chi connectivity index (χ2n) is 8.89. The molecule has 0 saturated heterocycles. The number of carbonyl (C=O) groups is 4. The van der Waals surface area contributed by atoms with Crippen LogP contribution >= 0.6 is 0 Å². The normalized spacial score (nSPS) is 14.4. The zero-order valence-corrected chi connectivity index (χ0v) is 19.4. The van der Waals surface area contributed by atoms with Gasteiger partial charge in [-0.05, 0) is 59.5 Å². The van der Waals surface area contributed by atoms with Crippen LogP contribution in [0.25, 0.3) is 10.8 Å². The Bertz CT molecular complexity index is 1500. The van der Waals surface area contributed by atoms with Crippen LogP contribution < -0.4 is 20.7 Å². The Kier molecular flexibility index (Phi) is 5.30. The standard InChI is InChI=1S/C26H16B2N2O8/c31-23-17-9-11-19-22-20(26(34)30(25(19)33)16-7-3-14(4-8-16)28(37)38)12-10-18(21(17)22)24(32)29(23)15-5-1-13(2-6-15)27(35)36/h1-12,35-38H. The van der Waals surface area contributed by atoms with Crippen molar-refractivity contribution in [2.75, 3.05) is 9.80 Å². The minimum Gasteiger partial charge on any atom is -0.423 e. The molecule has 0 spiro atoms. The minimum absolute atomic E-state index is 0.141. The lowest BCUT2D eigenvalue weighted by Gasteiger charge is -2.32. The van der Waals surface area contributed by atoms with E-state index in [1.54, 1.807) is 0 Å². The maximum atomic E-state index is 13.5. The predicted octanol–water partition coefficient (Wildman–Crippen LogP) is -0.199. The number of amides is 4. The summed E-state index contributed by atoms with van der Waals surface area (Å²) in [4.78, 5) is 55.9. The van der Waals surface area contributed by atoms with Gasteiger partial charge in [-0.15, -0.1) is 0 Å². The highest BCUT2D eigenvalue weighted by atomic mass is 16.4. The van der Waals surface area contributed by atoms with Crippen molar-refractivity contribution < 1.29 is 39.3 Å². The van der Waals surface area contributed by atoms with Gasteiger partial charge in [0, 0.05) is 33.0 Å². The first-order chi connectivity index (χ1) is 18.2. The van der Waals surface area contributed by atoms with E-state index in [2.05, 4.69) is 0 Å². The van der Waals surface area contributed by atoms with E-state index in [0.717, 1.165) is 9.80 Å². The molecular weight excluding hydrogens is 490 g/mol. The summed E-state index contributed by atoms with van der Waals surface area (Å²) in [5.74, 6) is -2.60. The van der Waals surface area contributed by atoms with Crippen molar-refractivity contribution in [2.45, 2.75) is 0 Å². The average molecular weight is 506 g/mol. The molecule has 38 heavy (non-hydrogen) atoms. The van der Waals surface area contributed by atoms with Gasteiger partial charge >= 0.3 is 14.2 Å². The van der Waals surface area contributed by atoms with E-state index in [4.69, 9.17) is 0 Å². The largest absolute Gasteiger partial charge is 0.488 e. The maximum Gasteiger partial charge on any atom is 0.488 e. The van der Waals surface area contributed by atoms with Gasteiger partial charge in [-0.25, -0.2) is 9.80 Å². The van der Waals surface area contributed by atoms with Crippen molar-refractivity contribution in [2.24, 2.45) is 0 Å². The smallest absolute Gasteiger partial charge is 0.423 e. The third-order valence-electron chi connectivity index (χ3n) is 6.79. The van der Waals surface area contributed by atoms with Crippen molar-refractivity contribution in [3.8, 4) is 0 Å². The molecule has 4 amide bonds. The minimum atomic E-state index is -1.71. The summed E-state index contributed by atoms with van der Waals surface area (Å²) < 4.78 is 0. The van der Waals surface area contributed by atoms with Crippen LogP contribution in [0.3, 0.4) is 0 Å². The summed E-state index contributed by atoms with van der Waals surface area (Å²) in [6.45, 7) is 0. The Morgan fingerprint density at radius 1 is 0.421 bits per heavy atom. The van der Waals surface area contributed by atoms with Crippen LogP contribution in [0.1, 0.15) is 41.4 Å². The van der Waals surface area contributed by atoms with Gasteiger partial charge in [-0.2, -0.15) is 0 Å². The molecule has 184 valence electrons. The number of hydrogen-bond acceptors (Lipinski definition) is 8. The molecule has 0 unspecified atom stereocenters. The van der Waals surface area contributed by atoms with Gasteiger partial charge in [0.05, 0.1) is 11.4 Å². The molecule has 0 aromatic heterocycles. The van der Waals surface area contributed by atoms with E-state index < -0.39 is 37.9 Å². The van der Waals surface area contributed by atoms with Gasteiger partial charge in [-0.1, -0.05) is 24.3 Å². The molecule has 0 radical (unpaired) electrons. The molecule has 0 aliphatic carbocycles. The van der Waals surface area contributed by atoms with Gasteiger partial charge in [0.25, 0.3) is 23.6 Å². The number of benzene rings is 4. The van der Waals surface area contributed by atoms with E-state index in [9.17, 15) is 39.3 Å². The quantitative estimate of drug-likeness (QED) is 0.219. The van der Waals surface area contributed by atoms with Crippen LogP contribution in [0.15, 0.2) is 72.8 Å². The summed E-state index contributed by atoms with van der Waals surface area (Å²) in [6.07, 6.45) is 0. The molecule has 0 saturated carbocycles. The topological polar surface area (TPSA) is 156 Å². The van der Waals surface area contributed by atoms with E-state index in [1.807, 2.05) is 0 Å². The molecule has 4 aromatic carbocycles. The lowest BCUT2D eigenvalue weighted by Crippen LogP contribution is -2.43. The van der Waals surface area contributed by atoms with E-state index >= 15 is 0 Å². The van der Waals surface area contributed by atoms with Crippen molar-refractivity contribution >= 4 is 70.9 Å². The number of nitrogens with zero attached hydrogens (tertiary/aromatic N) is 2. The van der Waals surface area contributed by atoms with Gasteiger partial charge in [0.1, 0.15) is 0 Å². The first-order valence-corrected chi connectivity index (χ1v) is 11.5. The molecule has 0 bridgehead atoms. The molecular formula is C26H16B2N2O8.